The van der Waals surface area contributed by atoms with Crippen molar-refractivity contribution in [3.05, 3.63) is 29.3 Å². The van der Waals surface area contributed by atoms with Crippen LogP contribution in [-0.4, -0.2) is 26.2 Å². The summed E-state index contributed by atoms with van der Waals surface area (Å²) in [5, 5.41) is 0. The fourth-order valence-corrected chi connectivity index (χ4v) is 1.29. The van der Waals surface area contributed by atoms with Crippen LogP contribution in [0.2, 0.25) is 0 Å². The third-order valence-electron chi connectivity index (χ3n) is 2.08. The van der Waals surface area contributed by atoms with E-state index in [4.69, 9.17) is 10.5 Å². The van der Waals surface area contributed by atoms with Gasteiger partial charge in [0.15, 0.2) is 0 Å². The van der Waals surface area contributed by atoms with E-state index in [0.717, 1.165) is 13.2 Å². The van der Waals surface area contributed by atoms with Crippen LogP contribution in [0.15, 0.2) is 18.2 Å². The zero-order valence-corrected chi connectivity index (χ0v) is 10.8. The second-order valence-electron chi connectivity index (χ2n) is 3.34. The van der Waals surface area contributed by atoms with E-state index in [1.54, 1.807) is 0 Å². The Morgan fingerprint density at radius 3 is 2.47 bits per heavy atom. The van der Waals surface area contributed by atoms with E-state index in [1.165, 1.54) is 6.07 Å². The van der Waals surface area contributed by atoms with Gasteiger partial charge in [0, 0.05) is 6.54 Å². The lowest BCUT2D eigenvalue weighted by atomic mass is 10.1. The SMILES string of the molecule is COC(=O)c1ccc(OCCN)c(C(F)(F)F)c1.Cl. The van der Waals surface area contributed by atoms with Crippen LogP contribution in [0.25, 0.3) is 0 Å². The summed E-state index contributed by atoms with van der Waals surface area (Å²) in [6.07, 6.45) is -4.62. The lowest BCUT2D eigenvalue weighted by Crippen LogP contribution is -2.15. The van der Waals surface area contributed by atoms with Gasteiger partial charge in [0.25, 0.3) is 0 Å². The molecule has 1 rings (SSSR count). The third-order valence-corrected chi connectivity index (χ3v) is 2.08. The molecular formula is C11H13ClF3NO3. The number of carbonyl (C=O) groups excluding carboxylic acids is 1. The first-order valence-electron chi connectivity index (χ1n) is 5.02. The summed E-state index contributed by atoms with van der Waals surface area (Å²) in [5.41, 5.74) is 3.94. The zero-order chi connectivity index (χ0) is 13.8. The molecule has 0 atom stereocenters. The highest BCUT2D eigenvalue weighted by atomic mass is 35.5. The number of ether oxygens (including phenoxy) is 2. The summed E-state index contributed by atoms with van der Waals surface area (Å²) >= 11 is 0. The standard InChI is InChI=1S/C11H12F3NO3.ClH/c1-17-10(16)7-2-3-9(18-5-4-15)8(6-7)11(12,13)14;/h2-3,6H,4-5,15H2,1H3;1H. The molecule has 0 aliphatic rings. The Balaban J connectivity index is 0.00000324. The Morgan fingerprint density at radius 1 is 1.37 bits per heavy atom. The van der Waals surface area contributed by atoms with Crippen LogP contribution >= 0.6 is 12.4 Å². The second kappa shape index (κ2) is 7.20. The first kappa shape index (κ1) is 17.5. The van der Waals surface area contributed by atoms with Gasteiger partial charge in [-0.3, -0.25) is 0 Å². The molecule has 0 aliphatic carbocycles. The molecule has 8 heteroatoms. The molecule has 0 fully saturated rings. The Bertz CT molecular complexity index is 438. The van der Waals surface area contributed by atoms with Crippen LogP contribution in [0.3, 0.4) is 0 Å². The minimum absolute atomic E-state index is 0. The first-order valence-corrected chi connectivity index (χ1v) is 5.02. The fraction of sp³-hybridized carbons (Fsp3) is 0.364. The van der Waals surface area contributed by atoms with Crippen molar-refractivity contribution < 1.29 is 27.4 Å². The van der Waals surface area contributed by atoms with Crippen LogP contribution in [0.1, 0.15) is 15.9 Å². The van der Waals surface area contributed by atoms with Gasteiger partial charge in [-0.25, -0.2) is 4.79 Å². The summed E-state index contributed by atoms with van der Waals surface area (Å²) in [5.74, 6) is -1.20. The van der Waals surface area contributed by atoms with Gasteiger partial charge >= 0.3 is 12.1 Å². The molecule has 2 N–H and O–H groups in total. The number of rotatable bonds is 4. The van der Waals surface area contributed by atoms with Crippen molar-refractivity contribution in [3.63, 3.8) is 0 Å². The van der Waals surface area contributed by atoms with Crippen molar-refractivity contribution in [1.29, 1.82) is 0 Å². The first-order chi connectivity index (χ1) is 8.40. The van der Waals surface area contributed by atoms with E-state index in [1.807, 2.05) is 0 Å². The molecule has 4 nitrogen and oxygen atoms in total. The van der Waals surface area contributed by atoms with Gasteiger partial charge in [-0.2, -0.15) is 13.2 Å². The molecule has 19 heavy (non-hydrogen) atoms. The lowest BCUT2D eigenvalue weighted by molar-refractivity contribution is -0.138. The van der Waals surface area contributed by atoms with Crippen LogP contribution in [0.4, 0.5) is 13.2 Å². The molecule has 0 saturated heterocycles. The van der Waals surface area contributed by atoms with E-state index in [-0.39, 0.29) is 36.9 Å². The summed E-state index contributed by atoms with van der Waals surface area (Å²) in [7, 11) is 1.09. The maximum absolute atomic E-state index is 12.8. The zero-order valence-electron chi connectivity index (χ0n) is 9.99. The number of nitrogens with two attached hydrogens (primary N) is 1. The van der Waals surface area contributed by atoms with Gasteiger partial charge in [0.1, 0.15) is 12.4 Å². The highest BCUT2D eigenvalue weighted by molar-refractivity contribution is 5.89. The Labute approximate surface area is 114 Å². The average molecular weight is 300 g/mol. The molecule has 0 spiro atoms. The molecule has 1 aromatic rings. The topological polar surface area (TPSA) is 61.5 Å². The van der Waals surface area contributed by atoms with E-state index in [0.29, 0.717) is 6.07 Å². The number of carbonyl (C=O) groups is 1. The fourth-order valence-electron chi connectivity index (χ4n) is 1.29. The minimum atomic E-state index is -4.62. The Morgan fingerprint density at radius 2 is 2.00 bits per heavy atom. The lowest BCUT2D eigenvalue weighted by Gasteiger charge is -2.14. The monoisotopic (exact) mass is 299 g/mol. The third kappa shape index (κ3) is 4.60. The summed E-state index contributed by atoms with van der Waals surface area (Å²) in [4.78, 5) is 11.2. The molecule has 0 amide bonds. The van der Waals surface area contributed by atoms with Gasteiger partial charge in [-0.15, -0.1) is 12.4 Å². The molecule has 108 valence electrons. The number of hydrogen-bond acceptors (Lipinski definition) is 4. The second-order valence-corrected chi connectivity index (χ2v) is 3.34. The number of methoxy groups -OCH3 is 1. The van der Waals surface area contributed by atoms with E-state index >= 15 is 0 Å². The van der Waals surface area contributed by atoms with Crippen molar-refractivity contribution in [3.8, 4) is 5.75 Å². The van der Waals surface area contributed by atoms with Crippen LogP contribution in [-0.2, 0) is 10.9 Å². The van der Waals surface area contributed by atoms with Crippen molar-refractivity contribution in [2.75, 3.05) is 20.3 Å². The molecular weight excluding hydrogens is 287 g/mol. The summed E-state index contributed by atoms with van der Waals surface area (Å²) < 4.78 is 47.5. The maximum atomic E-state index is 12.8. The highest BCUT2D eigenvalue weighted by Gasteiger charge is 2.35. The number of halogens is 4. The average Bonchev–Trinajstić information content (AvgIpc) is 2.34. The van der Waals surface area contributed by atoms with E-state index < -0.39 is 17.7 Å². The summed E-state index contributed by atoms with van der Waals surface area (Å²) in [6, 6.07) is 2.97. The number of alkyl halides is 3. The molecule has 0 aromatic heterocycles. The van der Waals surface area contributed by atoms with Crippen molar-refractivity contribution in [1.82, 2.24) is 0 Å². The van der Waals surface area contributed by atoms with Gasteiger partial charge in [-0.1, -0.05) is 0 Å². The van der Waals surface area contributed by atoms with Crippen LogP contribution < -0.4 is 10.5 Å². The smallest absolute Gasteiger partial charge is 0.419 e. The molecule has 0 unspecified atom stereocenters. The molecule has 0 saturated carbocycles. The number of hydrogen-bond donors (Lipinski definition) is 1. The van der Waals surface area contributed by atoms with E-state index in [2.05, 4.69) is 4.74 Å². The predicted molar refractivity (Wildman–Crippen MR) is 64.6 cm³/mol. The van der Waals surface area contributed by atoms with Crippen molar-refractivity contribution in [2.45, 2.75) is 6.18 Å². The predicted octanol–water partition coefficient (Wildman–Crippen LogP) is 2.25. The maximum Gasteiger partial charge on any atom is 0.419 e. The van der Waals surface area contributed by atoms with Gasteiger partial charge in [-0.05, 0) is 18.2 Å². The summed E-state index contributed by atoms with van der Waals surface area (Å²) in [6.45, 7) is 0.0523. The highest BCUT2D eigenvalue weighted by Crippen LogP contribution is 2.36. The largest absolute Gasteiger partial charge is 0.492 e. The molecule has 1 aromatic carbocycles. The van der Waals surface area contributed by atoms with Crippen LogP contribution in [0, 0.1) is 0 Å². The molecule has 0 heterocycles. The van der Waals surface area contributed by atoms with Crippen molar-refractivity contribution in [2.24, 2.45) is 5.73 Å². The van der Waals surface area contributed by atoms with E-state index in [9.17, 15) is 18.0 Å². The minimum Gasteiger partial charge on any atom is -0.492 e. The number of esters is 1. The Kier molecular flexibility index (Phi) is 6.64. The molecule has 0 bridgehead atoms. The quantitative estimate of drug-likeness (QED) is 0.866. The van der Waals surface area contributed by atoms with Gasteiger partial charge in [0.2, 0.25) is 0 Å². The number of benzene rings is 1. The van der Waals surface area contributed by atoms with Gasteiger partial charge < -0.3 is 15.2 Å². The van der Waals surface area contributed by atoms with Gasteiger partial charge in [0.05, 0.1) is 18.2 Å². The van der Waals surface area contributed by atoms with Crippen LogP contribution in [0.5, 0.6) is 5.75 Å². The van der Waals surface area contributed by atoms with Crippen molar-refractivity contribution >= 4 is 18.4 Å². The molecule has 0 aliphatic heterocycles. The molecule has 0 radical (unpaired) electrons. The Hall–Kier alpha value is -1.47. The normalized spacial score (nSPS) is 10.6.